The Morgan fingerprint density at radius 3 is 2.15 bits per heavy atom. The van der Waals surface area contributed by atoms with Crippen molar-refractivity contribution in [2.24, 2.45) is 5.92 Å². The van der Waals surface area contributed by atoms with E-state index in [0.717, 1.165) is 37.0 Å². The summed E-state index contributed by atoms with van der Waals surface area (Å²) in [5, 5.41) is 4.46. The van der Waals surface area contributed by atoms with E-state index in [1.165, 1.54) is 41.6 Å². The Bertz CT molecular complexity index is 696. The van der Waals surface area contributed by atoms with Crippen molar-refractivity contribution >= 4 is 23.0 Å². The van der Waals surface area contributed by atoms with Gasteiger partial charge in [0.2, 0.25) is 0 Å². The van der Waals surface area contributed by atoms with Gasteiger partial charge in [-0.15, -0.1) is 0 Å². The molecule has 1 fully saturated rings. The molecule has 0 aromatic heterocycles. The number of hydrogen-bond acceptors (Lipinski definition) is 1. The van der Waals surface area contributed by atoms with Gasteiger partial charge in [-0.25, -0.2) is 0 Å². The highest BCUT2D eigenvalue weighted by molar-refractivity contribution is 7.80. The van der Waals surface area contributed by atoms with Crippen LogP contribution in [0.5, 0.6) is 0 Å². The standard InChI is InChI=1S/C23H30N2S/c1-3-20-11-8-12-21(4-2)22(20)24-23(26)25-15-13-19(14-16-25)17-18-9-6-5-7-10-18/h5-12,19H,3-4,13-17H2,1-2H3,(H,24,26). The lowest BCUT2D eigenvalue weighted by Gasteiger charge is -2.34. The van der Waals surface area contributed by atoms with E-state index in [-0.39, 0.29) is 0 Å². The number of benzene rings is 2. The van der Waals surface area contributed by atoms with Crippen LogP contribution in [0, 0.1) is 5.92 Å². The number of aryl methyl sites for hydroxylation is 2. The van der Waals surface area contributed by atoms with Crippen LogP contribution in [0.4, 0.5) is 5.69 Å². The van der Waals surface area contributed by atoms with E-state index in [1.807, 2.05) is 0 Å². The van der Waals surface area contributed by atoms with Crippen LogP contribution in [0.25, 0.3) is 0 Å². The molecule has 2 aromatic carbocycles. The summed E-state index contributed by atoms with van der Waals surface area (Å²) in [6.07, 6.45) is 5.67. The van der Waals surface area contributed by atoms with Gasteiger partial charge in [-0.1, -0.05) is 62.4 Å². The molecule has 2 nitrogen and oxygen atoms in total. The molecule has 0 bridgehead atoms. The molecular formula is C23H30N2S. The molecule has 0 saturated carbocycles. The predicted octanol–water partition coefficient (Wildman–Crippen LogP) is 5.46. The number of rotatable bonds is 5. The van der Waals surface area contributed by atoms with Crippen molar-refractivity contribution in [1.29, 1.82) is 0 Å². The smallest absolute Gasteiger partial charge is 0.173 e. The second-order valence-corrected chi connectivity index (χ2v) is 7.60. The molecule has 1 saturated heterocycles. The molecular weight excluding hydrogens is 336 g/mol. The Hall–Kier alpha value is -1.87. The van der Waals surface area contributed by atoms with Gasteiger partial charge in [-0.3, -0.25) is 0 Å². The maximum absolute atomic E-state index is 5.75. The van der Waals surface area contributed by atoms with Crippen LogP contribution < -0.4 is 5.32 Å². The Kier molecular flexibility index (Phi) is 6.67. The maximum atomic E-state index is 5.75. The molecule has 0 spiro atoms. The molecule has 26 heavy (non-hydrogen) atoms. The molecule has 3 rings (SSSR count). The summed E-state index contributed by atoms with van der Waals surface area (Å²) in [5.41, 5.74) is 5.39. The first-order valence-corrected chi connectivity index (χ1v) is 10.3. The number of nitrogens with zero attached hydrogens (tertiary/aromatic N) is 1. The van der Waals surface area contributed by atoms with Gasteiger partial charge in [0.25, 0.3) is 0 Å². The van der Waals surface area contributed by atoms with E-state index in [1.54, 1.807) is 0 Å². The first-order chi connectivity index (χ1) is 12.7. The van der Waals surface area contributed by atoms with E-state index in [9.17, 15) is 0 Å². The molecule has 138 valence electrons. The quantitative estimate of drug-likeness (QED) is 0.707. The van der Waals surface area contributed by atoms with Gasteiger partial charge < -0.3 is 10.2 Å². The number of para-hydroxylation sites is 1. The molecule has 1 aliphatic heterocycles. The molecule has 3 heteroatoms. The highest BCUT2D eigenvalue weighted by atomic mass is 32.1. The van der Waals surface area contributed by atoms with Gasteiger partial charge in [0.05, 0.1) is 0 Å². The molecule has 0 aliphatic carbocycles. The summed E-state index contributed by atoms with van der Waals surface area (Å²) in [4.78, 5) is 2.35. The second-order valence-electron chi connectivity index (χ2n) is 7.21. The number of piperidine rings is 1. The zero-order chi connectivity index (χ0) is 18.4. The van der Waals surface area contributed by atoms with Crippen LogP contribution in [0.1, 0.15) is 43.4 Å². The molecule has 1 N–H and O–H groups in total. The first kappa shape index (κ1) is 18.9. The van der Waals surface area contributed by atoms with Gasteiger partial charge in [-0.2, -0.15) is 0 Å². The third-order valence-electron chi connectivity index (χ3n) is 5.50. The Morgan fingerprint density at radius 2 is 1.58 bits per heavy atom. The lowest BCUT2D eigenvalue weighted by atomic mass is 9.90. The van der Waals surface area contributed by atoms with Crippen molar-refractivity contribution < 1.29 is 0 Å². The van der Waals surface area contributed by atoms with Crippen LogP contribution in [0.2, 0.25) is 0 Å². The molecule has 0 radical (unpaired) electrons. The zero-order valence-electron chi connectivity index (χ0n) is 16.0. The van der Waals surface area contributed by atoms with Gasteiger partial charge in [-0.05, 0) is 66.9 Å². The highest BCUT2D eigenvalue weighted by Crippen LogP contribution is 2.25. The summed E-state index contributed by atoms with van der Waals surface area (Å²) < 4.78 is 0. The Morgan fingerprint density at radius 1 is 0.962 bits per heavy atom. The summed E-state index contributed by atoms with van der Waals surface area (Å²) in [7, 11) is 0. The fraction of sp³-hybridized carbons (Fsp3) is 0.435. The summed E-state index contributed by atoms with van der Waals surface area (Å²) >= 11 is 5.75. The largest absolute Gasteiger partial charge is 0.349 e. The maximum Gasteiger partial charge on any atom is 0.173 e. The second kappa shape index (κ2) is 9.18. The van der Waals surface area contributed by atoms with Gasteiger partial charge in [0.15, 0.2) is 5.11 Å². The van der Waals surface area contributed by atoms with Gasteiger partial charge >= 0.3 is 0 Å². The minimum atomic E-state index is 0.769. The van der Waals surface area contributed by atoms with E-state index >= 15 is 0 Å². The van der Waals surface area contributed by atoms with Crippen molar-refractivity contribution in [1.82, 2.24) is 4.90 Å². The minimum Gasteiger partial charge on any atom is -0.349 e. The Balaban J connectivity index is 1.57. The third kappa shape index (κ3) is 4.64. The monoisotopic (exact) mass is 366 g/mol. The van der Waals surface area contributed by atoms with Gasteiger partial charge in [0.1, 0.15) is 0 Å². The SMILES string of the molecule is CCc1cccc(CC)c1NC(=S)N1CCC(Cc2ccccc2)CC1. The lowest BCUT2D eigenvalue weighted by molar-refractivity contribution is 0.268. The predicted molar refractivity (Wildman–Crippen MR) is 116 cm³/mol. The van der Waals surface area contributed by atoms with Crippen molar-refractivity contribution in [2.45, 2.75) is 46.0 Å². The van der Waals surface area contributed by atoms with E-state index < -0.39 is 0 Å². The topological polar surface area (TPSA) is 15.3 Å². The molecule has 2 aromatic rings. The van der Waals surface area contributed by atoms with Crippen LogP contribution in [-0.4, -0.2) is 23.1 Å². The lowest BCUT2D eigenvalue weighted by Crippen LogP contribution is -2.41. The molecule has 0 unspecified atom stereocenters. The third-order valence-corrected chi connectivity index (χ3v) is 5.86. The summed E-state index contributed by atoms with van der Waals surface area (Å²) in [5.74, 6) is 0.769. The Labute approximate surface area is 163 Å². The number of hydrogen-bond donors (Lipinski definition) is 1. The van der Waals surface area contributed by atoms with Crippen LogP contribution >= 0.6 is 12.2 Å². The van der Waals surface area contributed by atoms with Gasteiger partial charge in [0, 0.05) is 18.8 Å². The van der Waals surface area contributed by atoms with E-state index in [0.29, 0.717) is 0 Å². The normalized spacial score (nSPS) is 15.1. The first-order valence-electron chi connectivity index (χ1n) is 9.91. The van der Waals surface area contributed by atoms with E-state index in [4.69, 9.17) is 12.2 Å². The molecule has 0 amide bonds. The van der Waals surface area contributed by atoms with Crippen molar-refractivity contribution in [2.75, 3.05) is 18.4 Å². The minimum absolute atomic E-state index is 0.769. The van der Waals surface area contributed by atoms with E-state index in [2.05, 4.69) is 72.6 Å². The number of nitrogens with one attached hydrogen (secondary N) is 1. The van der Waals surface area contributed by atoms with Crippen molar-refractivity contribution in [3.8, 4) is 0 Å². The average Bonchev–Trinajstić information content (AvgIpc) is 2.69. The molecule has 1 aliphatic rings. The average molecular weight is 367 g/mol. The molecule has 1 heterocycles. The summed E-state index contributed by atoms with van der Waals surface area (Å²) in [6, 6.07) is 17.4. The van der Waals surface area contributed by atoms with Crippen LogP contribution in [-0.2, 0) is 19.3 Å². The van der Waals surface area contributed by atoms with Crippen molar-refractivity contribution in [3.05, 3.63) is 65.2 Å². The fourth-order valence-corrected chi connectivity index (χ4v) is 4.16. The zero-order valence-corrected chi connectivity index (χ0v) is 16.8. The van der Waals surface area contributed by atoms with Crippen LogP contribution in [0.15, 0.2) is 48.5 Å². The molecule has 0 atom stereocenters. The highest BCUT2D eigenvalue weighted by Gasteiger charge is 2.22. The number of likely N-dealkylation sites (tertiary alicyclic amines) is 1. The van der Waals surface area contributed by atoms with Crippen LogP contribution in [0.3, 0.4) is 0 Å². The number of anilines is 1. The van der Waals surface area contributed by atoms with Crippen molar-refractivity contribution in [3.63, 3.8) is 0 Å². The number of thiocarbonyl (C=S) groups is 1. The summed E-state index contributed by atoms with van der Waals surface area (Å²) in [6.45, 7) is 6.52. The fourth-order valence-electron chi connectivity index (χ4n) is 3.88.